The fraction of sp³-hybridized carbons (Fsp3) is 0.360. The maximum atomic E-state index is 13.7. The van der Waals surface area contributed by atoms with Crippen molar-refractivity contribution in [3.63, 3.8) is 0 Å². The number of halogens is 1. The highest BCUT2D eigenvalue weighted by atomic mass is 19.1. The predicted molar refractivity (Wildman–Crippen MR) is 121 cm³/mol. The summed E-state index contributed by atoms with van der Waals surface area (Å²) < 4.78 is 14.9. The summed E-state index contributed by atoms with van der Waals surface area (Å²) in [6.45, 7) is 3.80. The maximum absolute atomic E-state index is 13.7. The maximum Gasteiger partial charge on any atom is 0.259 e. The van der Waals surface area contributed by atoms with Crippen molar-refractivity contribution in [1.82, 2.24) is 24.4 Å². The molecule has 1 aromatic carbocycles. The molecule has 0 aliphatic carbocycles. The van der Waals surface area contributed by atoms with Gasteiger partial charge in [0.15, 0.2) is 5.65 Å². The smallest absolute Gasteiger partial charge is 0.259 e. The zero-order valence-electron chi connectivity index (χ0n) is 18.6. The molecule has 0 radical (unpaired) electrons. The first-order valence-corrected chi connectivity index (χ1v) is 11.2. The van der Waals surface area contributed by atoms with E-state index in [-0.39, 0.29) is 17.6 Å². The van der Waals surface area contributed by atoms with E-state index in [9.17, 15) is 14.0 Å². The van der Waals surface area contributed by atoms with E-state index in [1.807, 2.05) is 24.1 Å². The fourth-order valence-corrected chi connectivity index (χ4v) is 4.90. The molecule has 2 aliphatic rings. The van der Waals surface area contributed by atoms with Crippen LogP contribution >= 0.6 is 0 Å². The lowest BCUT2D eigenvalue weighted by molar-refractivity contribution is -0.144. The Hall–Kier alpha value is -3.55. The van der Waals surface area contributed by atoms with E-state index in [0.29, 0.717) is 43.8 Å². The number of hydrogen-bond acceptors (Lipinski definition) is 4. The van der Waals surface area contributed by atoms with Gasteiger partial charge in [-0.3, -0.25) is 9.59 Å². The molecular weight excluding hydrogens is 421 g/mol. The molecule has 0 saturated carbocycles. The molecule has 0 bridgehead atoms. The number of carbonyl (C=O) groups is 2. The highest BCUT2D eigenvalue weighted by Crippen LogP contribution is 2.38. The van der Waals surface area contributed by atoms with Crippen molar-refractivity contribution in [3.8, 4) is 0 Å². The Kier molecular flexibility index (Phi) is 5.44. The van der Waals surface area contributed by atoms with Crippen molar-refractivity contribution in [2.45, 2.75) is 32.7 Å². The summed E-state index contributed by atoms with van der Waals surface area (Å²) in [4.78, 5) is 35.2. The number of benzene rings is 1. The molecule has 8 heteroatoms. The number of likely N-dealkylation sites (tertiary alicyclic amines) is 1. The Morgan fingerprint density at radius 2 is 2.00 bits per heavy atom. The van der Waals surface area contributed by atoms with Gasteiger partial charge in [-0.05, 0) is 49.4 Å². The summed E-state index contributed by atoms with van der Waals surface area (Å²) in [6.07, 6.45) is 11.3. The minimum atomic E-state index is -0.659. The summed E-state index contributed by atoms with van der Waals surface area (Å²) >= 11 is 0. The van der Waals surface area contributed by atoms with E-state index in [1.165, 1.54) is 12.1 Å². The second kappa shape index (κ2) is 8.42. The van der Waals surface area contributed by atoms with Gasteiger partial charge in [0.25, 0.3) is 5.91 Å². The van der Waals surface area contributed by atoms with Crippen LogP contribution < -0.4 is 0 Å². The Labute approximate surface area is 191 Å². The van der Waals surface area contributed by atoms with E-state index in [2.05, 4.69) is 16.2 Å². The number of aryl methyl sites for hydroxylation is 1. The molecule has 1 atom stereocenters. The molecular formula is C25H26FN5O2. The van der Waals surface area contributed by atoms with Crippen LogP contribution in [0.2, 0.25) is 0 Å². The molecule has 7 nitrogen and oxygen atoms in total. The predicted octanol–water partition coefficient (Wildman–Crippen LogP) is 3.39. The third-order valence-corrected chi connectivity index (χ3v) is 6.61. The standard InChI is InChI=1S/C25H26FN5O2/c1-18-13-27-22-21(14-28-31(22)15-18)23(32)30-12-4-10-25(17-30)9-2-3-11-29(24(25)33)16-19-5-7-20(26)8-6-19/h2-3,5-8,13-15H,4,9-12,16-17H2,1H3/t25-/m0/s1. The lowest BCUT2D eigenvalue weighted by Gasteiger charge is -2.42. The van der Waals surface area contributed by atoms with Crippen LogP contribution in [0, 0.1) is 18.2 Å². The van der Waals surface area contributed by atoms with Crippen LogP contribution in [0.1, 0.15) is 40.7 Å². The van der Waals surface area contributed by atoms with E-state index < -0.39 is 5.41 Å². The number of amides is 2. The van der Waals surface area contributed by atoms with Crippen molar-refractivity contribution < 1.29 is 14.0 Å². The molecule has 4 heterocycles. The topological polar surface area (TPSA) is 70.8 Å². The van der Waals surface area contributed by atoms with Gasteiger partial charge in [-0.25, -0.2) is 13.9 Å². The lowest BCUT2D eigenvalue weighted by atomic mass is 9.76. The van der Waals surface area contributed by atoms with Crippen LogP contribution in [0.15, 0.2) is 55.0 Å². The van der Waals surface area contributed by atoms with Gasteiger partial charge < -0.3 is 9.80 Å². The Morgan fingerprint density at radius 3 is 2.82 bits per heavy atom. The van der Waals surface area contributed by atoms with Crippen molar-refractivity contribution >= 4 is 17.5 Å². The number of fused-ring (bicyclic) bond motifs is 1. The highest BCUT2D eigenvalue weighted by molar-refractivity contribution is 6.00. The molecule has 2 aliphatic heterocycles. The summed E-state index contributed by atoms with van der Waals surface area (Å²) in [6, 6.07) is 6.24. The minimum Gasteiger partial charge on any atom is -0.337 e. The number of hydrogen-bond donors (Lipinski definition) is 0. The Morgan fingerprint density at radius 1 is 1.18 bits per heavy atom. The molecule has 3 aromatic rings. The zero-order chi connectivity index (χ0) is 23.0. The molecule has 2 amide bonds. The third-order valence-electron chi connectivity index (χ3n) is 6.61. The summed E-state index contributed by atoms with van der Waals surface area (Å²) in [5.41, 5.74) is 2.15. The first kappa shape index (κ1) is 21.3. The molecule has 0 unspecified atom stereocenters. The molecule has 1 saturated heterocycles. The molecule has 2 aromatic heterocycles. The summed E-state index contributed by atoms with van der Waals surface area (Å²) in [5.74, 6) is -0.398. The van der Waals surface area contributed by atoms with Crippen molar-refractivity contribution in [1.29, 1.82) is 0 Å². The number of piperidine rings is 1. The molecule has 1 spiro atoms. The van der Waals surface area contributed by atoms with Gasteiger partial charge in [0, 0.05) is 38.6 Å². The van der Waals surface area contributed by atoms with Crippen LogP contribution in [-0.2, 0) is 11.3 Å². The minimum absolute atomic E-state index is 0.0444. The average Bonchev–Trinajstić information content (AvgIpc) is 3.18. The van der Waals surface area contributed by atoms with Gasteiger partial charge in [-0.2, -0.15) is 5.10 Å². The number of nitrogens with zero attached hydrogens (tertiary/aromatic N) is 5. The number of allylic oxidation sites excluding steroid dienone is 1. The van der Waals surface area contributed by atoms with Crippen LogP contribution in [0.4, 0.5) is 4.39 Å². The lowest BCUT2D eigenvalue weighted by Crippen LogP contribution is -2.53. The second-order valence-corrected chi connectivity index (χ2v) is 9.06. The average molecular weight is 448 g/mol. The van der Waals surface area contributed by atoms with E-state index >= 15 is 0 Å². The zero-order valence-corrected chi connectivity index (χ0v) is 18.6. The quantitative estimate of drug-likeness (QED) is 0.577. The molecule has 0 N–H and O–H groups in total. The van der Waals surface area contributed by atoms with Crippen molar-refractivity contribution in [2.24, 2.45) is 5.41 Å². The SMILES string of the molecule is Cc1cnc2c(C(=O)N3CCC[C@@]4(CC=CCN(Cc5ccc(F)cc5)C4=O)C3)cnn2c1. The normalized spacial score (nSPS) is 21.1. The first-order valence-electron chi connectivity index (χ1n) is 11.2. The molecule has 5 rings (SSSR count). The largest absolute Gasteiger partial charge is 0.337 e. The fourth-order valence-electron chi connectivity index (χ4n) is 4.90. The van der Waals surface area contributed by atoms with E-state index in [0.717, 1.165) is 24.0 Å². The number of carbonyl (C=O) groups excluding carboxylic acids is 2. The second-order valence-electron chi connectivity index (χ2n) is 9.06. The van der Waals surface area contributed by atoms with E-state index in [1.54, 1.807) is 33.9 Å². The summed E-state index contributed by atoms with van der Waals surface area (Å²) in [7, 11) is 0. The monoisotopic (exact) mass is 447 g/mol. The first-order chi connectivity index (χ1) is 15.9. The third kappa shape index (κ3) is 4.01. The van der Waals surface area contributed by atoms with Crippen molar-refractivity contribution in [2.75, 3.05) is 19.6 Å². The van der Waals surface area contributed by atoms with Gasteiger partial charge in [0.05, 0.1) is 11.6 Å². The molecule has 1 fully saturated rings. The van der Waals surface area contributed by atoms with Gasteiger partial charge in [0.2, 0.25) is 5.91 Å². The Balaban J connectivity index is 1.39. The van der Waals surface area contributed by atoms with E-state index in [4.69, 9.17) is 0 Å². The van der Waals surface area contributed by atoms with Gasteiger partial charge in [-0.1, -0.05) is 24.3 Å². The Bertz CT molecular complexity index is 1240. The van der Waals surface area contributed by atoms with Gasteiger partial charge in [0.1, 0.15) is 11.4 Å². The number of rotatable bonds is 3. The van der Waals surface area contributed by atoms with Crippen LogP contribution in [0.3, 0.4) is 0 Å². The van der Waals surface area contributed by atoms with Gasteiger partial charge >= 0.3 is 0 Å². The van der Waals surface area contributed by atoms with Gasteiger partial charge in [-0.15, -0.1) is 0 Å². The van der Waals surface area contributed by atoms with Crippen LogP contribution in [-0.4, -0.2) is 55.8 Å². The van der Waals surface area contributed by atoms with Crippen LogP contribution in [0.25, 0.3) is 5.65 Å². The highest BCUT2D eigenvalue weighted by Gasteiger charge is 2.45. The van der Waals surface area contributed by atoms with Crippen molar-refractivity contribution in [3.05, 3.63) is 77.5 Å². The number of aromatic nitrogens is 3. The summed E-state index contributed by atoms with van der Waals surface area (Å²) in [5, 5.41) is 4.29. The molecule has 170 valence electrons. The molecule has 33 heavy (non-hydrogen) atoms. The van der Waals surface area contributed by atoms with Crippen LogP contribution in [0.5, 0.6) is 0 Å².